The van der Waals surface area contributed by atoms with Crippen LogP contribution in [-0.2, 0) is 20.8 Å². The van der Waals surface area contributed by atoms with Crippen molar-refractivity contribution in [2.45, 2.75) is 19.3 Å². The van der Waals surface area contributed by atoms with Crippen LogP contribution in [0, 0.1) is 0 Å². The smallest absolute Gasteiger partial charge is 0.303 e. The maximum Gasteiger partial charge on any atom is 0.303 e. The molecule has 0 fully saturated rings. The van der Waals surface area contributed by atoms with E-state index in [0.717, 1.165) is 11.8 Å². The van der Waals surface area contributed by atoms with Crippen LogP contribution in [0.3, 0.4) is 0 Å². The third kappa shape index (κ3) is 8.03. The van der Waals surface area contributed by atoms with E-state index < -0.39 is 11.9 Å². The van der Waals surface area contributed by atoms with Crippen LogP contribution >= 0.6 is 27.7 Å². The van der Waals surface area contributed by atoms with E-state index >= 15 is 0 Å². The number of rotatable bonds is 9. The van der Waals surface area contributed by atoms with Gasteiger partial charge < -0.3 is 20.7 Å². The van der Waals surface area contributed by atoms with Crippen molar-refractivity contribution < 1.29 is 29.8 Å². The van der Waals surface area contributed by atoms with Gasteiger partial charge in [-0.05, 0) is 33.6 Å². The van der Waals surface area contributed by atoms with E-state index in [9.17, 15) is 19.5 Å². The molecule has 0 aliphatic carbocycles. The number of aromatic hydroxyl groups is 1. The minimum absolute atomic E-state index is 0.0558. The van der Waals surface area contributed by atoms with Gasteiger partial charge in [0.05, 0.1) is 10.9 Å². The number of halogens is 1. The molecule has 1 amide bonds. The molecule has 4 N–H and O–H groups in total. The summed E-state index contributed by atoms with van der Waals surface area (Å²) in [5.41, 5.74) is 0.547. The molecule has 8 nitrogen and oxygen atoms in total. The normalized spacial score (nSPS) is 11.2. The van der Waals surface area contributed by atoms with Gasteiger partial charge in [-0.15, -0.1) is 0 Å². The van der Waals surface area contributed by atoms with Crippen molar-refractivity contribution >= 4 is 50.4 Å². The summed E-state index contributed by atoms with van der Waals surface area (Å²) < 4.78 is 0.457. The van der Waals surface area contributed by atoms with Crippen LogP contribution in [0.25, 0.3) is 0 Å². The summed E-state index contributed by atoms with van der Waals surface area (Å²) in [6.07, 6.45) is -0.222. The summed E-state index contributed by atoms with van der Waals surface area (Å²) in [4.78, 5) is 33.7. The lowest BCUT2D eigenvalue weighted by molar-refractivity contribution is -0.138. The molecule has 0 aliphatic heterocycles. The summed E-state index contributed by atoms with van der Waals surface area (Å²) in [6.45, 7) is 0.167. The first-order valence-electron chi connectivity index (χ1n) is 7.17. The van der Waals surface area contributed by atoms with E-state index in [1.165, 1.54) is 6.07 Å². The van der Waals surface area contributed by atoms with Crippen LogP contribution in [0.1, 0.15) is 18.4 Å². The molecule has 0 unspecified atom stereocenters. The number of oxime groups is 1. The zero-order valence-electron chi connectivity index (χ0n) is 13.1. The number of hydrogen-bond acceptors (Lipinski definition) is 7. The minimum Gasteiger partial charge on any atom is -0.507 e. The average Bonchev–Trinajstić information content (AvgIpc) is 2.57. The Balaban J connectivity index is 2.40. The summed E-state index contributed by atoms with van der Waals surface area (Å²) in [7, 11) is 0. The number of hydrogen-bond donors (Lipinski definition) is 4. The Kier molecular flexibility index (Phi) is 9.00. The van der Waals surface area contributed by atoms with Gasteiger partial charge in [0.1, 0.15) is 11.5 Å². The van der Waals surface area contributed by atoms with Gasteiger partial charge in [0.25, 0.3) is 5.91 Å². The first-order valence-corrected chi connectivity index (χ1v) is 8.95. The Hall–Kier alpha value is -2.07. The minimum atomic E-state index is -1.04. The van der Waals surface area contributed by atoms with Crippen LogP contribution in [0.4, 0.5) is 0 Å². The molecule has 1 rings (SSSR count). The van der Waals surface area contributed by atoms with Crippen molar-refractivity contribution in [2.75, 3.05) is 12.3 Å². The van der Waals surface area contributed by atoms with E-state index in [2.05, 4.69) is 26.4 Å². The fourth-order valence-corrected chi connectivity index (χ4v) is 2.83. The van der Waals surface area contributed by atoms with Crippen molar-refractivity contribution in [2.24, 2.45) is 5.16 Å². The second kappa shape index (κ2) is 10.7. The van der Waals surface area contributed by atoms with Crippen molar-refractivity contribution in [3.8, 4) is 5.75 Å². The van der Waals surface area contributed by atoms with E-state index in [4.69, 9.17) is 10.3 Å². The van der Waals surface area contributed by atoms with Gasteiger partial charge in [0, 0.05) is 25.1 Å². The Morgan fingerprint density at radius 3 is 2.56 bits per heavy atom. The van der Waals surface area contributed by atoms with Crippen LogP contribution in [0.5, 0.6) is 5.75 Å². The molecule has 0 atom stereocenters. The third-order valence-corrected chi connectivity index (χ3v) is 4.53. The summed E-state index contributed by atoms with van der Waals surface area (Å²) in [5, 5.41) is 32.2. The number of thioether (sulfide) groups is 1. The van der Waals surface area contributed by atoms with Crippen molar-refractivity contribution in [1.82, 2.24) is 5.32 Å². The van der Waals surface area contributed by atoms with E-state index in [1.807, 2.05) is 0 Å². The van der Waals surface area contributed by atoms with Gasteiger partial charge in [-0.25, -0.2) is 0 Å². The van der Waals surface area contributed by atoms with E-state index in [-0.39, 0.29) is 48.1 Å². The number of amides is 1. The lowest BCUT2D eigenvalue weighted by Gasteiger charge is -2.07. The zero-order chi connectivity index (χ0) is 18.8. The first-order chi connectivity index (χ1) is 11.8. The molecule has 0 heterocycles. The maximum atomic E-state index is 12.0. The first kappa shape index (κ1) is 21.0. The Morgan fingerprint density at radius 2 is 1.96 bits per heavy atom. The van der Waals surface area contributed by atoms with Crippen LogP contribution in [0.2, 0.25) is 0 Å². The molecule has 0 aliphatic rings. The number of nitrogens with one attached hydrogen (secondary N) is 1. The summed E-state index contributed by atoms with van der Waals surface area (Å²) >= 11 is 4.09. The average molecular weight is 433 g/mol. The molecule has 0 radical (unpaired) electrons. The van der Waals surface area contributed by atoms with Crippen LogP contribution in [-0.4, -0.2) is 50.4 Å². The number of aliphatic carboxylic acids is 1. The van der Waals surface area contributed by atoms with Gasteiger partial charge in [0.2, 0.25) is 0 Å². The third-order valence-electron chi connectivity index (χ3n) is 2.96. The standard InChI is InChI=1S/C15H17BrN2O6S/c16-10-7-9(1-2-12(10)19)8-11(18-24)15(23)17-5-6-25-14(22)4-3-13(20)21/h1-2,7,19,24H,3-6,8H2,(H,17,23)(H,20,21)/b18-11+. The highest BCUT2D eigenvalue weighted by Gasteiger charge is 2.14. The molecule has 25 heavy (non-hydrogen) atoms. The Bertz CT molecular complexity index is 680. The highest BCUT2D eigenvalue weighted by atomic mass is 79.9. The van der Waals surface area contributed by atoms with Gasteiger partial charge in [0.15, 0.2) is 5.12 Å². The number of carbonyl (C=O) groups is 3. The van der Waals surface area contributed by atoms with Gasteiger partial charge in [-0.3, -0.25) is 14.4 Å². The van der Waals surface area contributed by atoms with Crippen LogP contribution < -0.4 is 5.32 Å². The molecule has 0 spiro atoms. The molecule has 0 saturated carbocycles. The Labute approximate surface area is 156 Å². The molecular formula is C15H17BrN2O6S. The molecular weight excluding hydrogens is 416 g/mol. The highest BCUT2D eigenvalue weighted by Crippen LogP contribution is 2.24. The SMILES string of the molecule is O=C(O)CCC(=O)SCCNC(=O)/C(Cc1ccc(O)c(Br)c1)=N/O. The van der Waals surface area contributed by atoms with Gasteiger partial charge >= 0.3 is 5.97 Å². The predicted molar refractivity (Wildman–Crippen MR) is 96.1 cm³/mol. The lowest BCUT2D eigenvalue weighted by atomic mass is 10.1. The van der Waals surface area contributed by atoms with Crippen molar-refractivity contribution in [3.05, 3.63) is 28.2 Å². The van der Waals surface area contributed by atoms with Gasteiger partial charge in [-0.2, -0.15) is 0 Å². The second-order valence-corrected chi connectivity index (χ2v) is 6.89. The predicted octanol–water partition coefficient (Wildman–Crippen LogP) is 1.77. The lowest BCUT2D eigenvalue weighted by Crippen LogP contribution is -2.34. The molecule has 1 aromatic rings. The fraction of sp³-hybridized carbons (Fsp3) is 0.333. The van der Waals surface area contributed by atoms with E-state index in [1.54, 1.807) is 12.1 Å². The highest BCUT2D eigenvalue weighted by molar-refractivity contribution is 9.10. The topological polar surface area (TPSA) is 136 Å². The molecule has 136 valence electrons. The van der Waals surface area contributed by atoms with Crippen molar-refractivity contribution in [1.29, 1.82) is 0 Å². The number of carboxylic acids is 1. The second-order valence-electron chi connectivity index (χ2n) is 4.88. The molecule has 10 heteroatoms. The van der Waals surface area contributed by atoms with Gasteiger partial charge in [-0.1, -0.05) is 23.0 Å². The monoisotopic (exact) mass is 432 g/mol. The molecule has 1 aromatic carbocycles. The van der Waals surface area contributed by atoms with Crippen LogP contribution in [0.15, 0.2) is 27.8 Å². The van der Waals surface area contributed by atoms with E-state index in [0.29, 0.717) is 10.0 Å². The number of benzene rings is 1. The largest absolute Gasteiger partial charge is 0.507 e. The summed E-state index contributed by atoms with van der Waals surface area (Å²) in [6, 6.07) is 4.64. The number of phenols is 1. The quantitative estimate of drug-likeness (QED) is 0.202. The fourth-order valence-electron chi connectivity index (χ4n) is 1.73. The maximum absolute atomic E-state index is 12.0. The van der Waals surface area contributed by atoms with Crippen molar-refractivity contribution in [3.63, 3.8) is 0 Å². The number of phenolic OH excluding ortho intramolecular Hbond substituents is 1. The molecule has 0 aromatic heterocycles. The number of carboxylic acid groups (broad SMARTS) is 1. The summed E-state index contributed by atoms with van der Waals surface area (Å²) in [5.74, 6) is -1.27. The molecule has 0 saturated heterocycles. The number of nitrogens with zero attached hydrogens (tertiary/aromatic N) is 1. The Morgan fingerprint density at radius 1 is 1.24 bits per heavy atom. The zero-order valence-corrected chi connectivity index (χ0v) is 15.5. The number of carbonyl (C=O) groups excluding carboxylic acids is 2. The molecule has 0 bridgehead atoms.